The SMILES string of the molecule is CONC(=O)c1cn(Cc2c(F)cccc2F)nn1. The molecule has 1 amide bonds. The molecule has 0 aliphatic carbocycles. The Bertz CT molecular complexity index is 580. The van der Waals surface area contributed by atoms with E-state index in [1.807, 2.05) is 0 Å². The number of nitrogens with zero attached hydrogens (tertiary/aromatic N) is 3. The van der Waals surface area contributed by atoms with Gasteiger partial charge in [-0.05, 0) is 12.1 Å². The topological polar surface area (TPSA) is 69.0 Å². The highest BCUT2D eigenvalue weighted by Gasteiger charge is 2.13. The van der Waals surface area contributed by atoms with Gasteiger partial charge in [0.25, 0.3) is 5.91 Å². The molecule has 1 aromatic carbocycles. The van der Waals surface area contributed by atoms with Gasteiger partial charge in [0.15, 0.2) is 5.69 Å². The zero-order valence-corrected chi connectivity index (χ0v) is 9.93. The Labute approximate surface area is 106 Å². The molecule has 0 spiro atoms. The van der Waals surface area contributed by atoms with E-state index in [4.69, 9.17) is 0 Å². The lowest BCUT2D eigenvalue weighted by Crippen LogP contribution is -2.22. The van der Waals surface area contributed by atoms with Crippen molar-refractivity contribution in [2.24, 2.45) is 0 Å². The summed E-state index contributed by atoms with van der Waals surface area (Å²) in [6.45, 7) is -0.161. The first-order valence-electron chi connectivity index (χ1n) is 5.28. The van der Waals surface area contributed by atoms with Crippen molar-refractivity contribution in [1.29, 1.82) is 0 Å². The monoisotopic (exact) mass is 268 g/mol. The van der Waals surface area contributed by atoms with Crippen LogP contribution in [0.5, 0.6) is 0 Å². The summed E-state index contributed by atoms with van der Waals surface area (Å²) in [5.41, 5.74) is 1.90. The average molecular weight is 268 g/mol. The maximum Gasteiger partial charge on any atom is 0.296 e. The van der Waals surface area contributed by atoms with Gasteiger partial charge in [0.05, 0.1) is 19.9 Å². The van der Waals surface area contributed by atoms with Crippen LogP contribution in [-0.4, -0.2) is 28.0 Å². The molecular formula is C11H10F2N4O2. The van der Waals surface area contributed by atoms with E-state index in [1.54, 1.807) is 0 Å². The number of rotatable bonds is 4. The van der Waals surface area contributed by atoms with E-state index in [-0.39, 0.29) is 17.8 Å². The lowest BCUT2D eigenvalue weighted by Gasteiger charge is -2.03. The Kier molecular flexibility index (Phi) is 3.81. The van der Waals surface area contributed by atoms with Crippen molar-refractivity contribution in [3.05, 3.63) is 47.3 Å². The zero-order valence-electron chi connectivity index (χ0n) is 9.93. The Morgan fingerprint density at radius 2 is 2.11 bits per heavy atom. The molecule has 0 saturated carbocycles. The van der Waals surface area contributed by atoms with E-state index in [9.17, 15) is 13.6 Å². The zero-order chi connectivity index (χ0) is 13.8. The van der Waals surface area contributed by atoms with Crippen molar-refractivity contribution in [2.75, 3.05) is 7.11 Å². The molecule has 0 radical (unpaired) electrons. The molecule has 2 rings (SSSR count). The molecule has 0 atom stereocenters. The van der Waals surface area contributed by atoms with Gasteiger partial charge >= 0.3 is 0 Å². The van der Waals surface area contributed by atoms with Gasteiger partial charge in [0, 0.05) is 5.56 Å². The fourth-order valence-electron chi connectivity index (χ4n) is 1.47. The summed E-state index contributed by atoms with van der Waals surface area (Å²) in [4.78, 5) is 15.8. The maximum absolute atomic E-state index is 13.4. The minimum absolute atomic E-state index is 0.0152. The van der Waals surface area contributed by atoms with Gasteiger partial charge in [0.2, 0.25) is 0 Å². The van der Waals surface area contributed by atoms with Crippen LogP contribution in [-0.2, 0) is 11.4 Å². The third kappa shape index (κ3) is 2.91. The summed E-state index contributed by atoms with van der Waals surface area (Å²) in [6, 6.07) is 3.56. The number of carbonyl (C=O) groups excluding carboxylic acids is 1. The predicted molar refractivity (Wildman–Crippen MR) is 60.0 cm³/mol. The van der Waals surface area contributed by atoms with Crippen LogP contribution in [0.4, 0.5) is 8.78 Å². The van der Waals surface area contributed by atoms with E-state index in [0.29, 0.717) is 0 Å². The van der Waals surface area contributed by atoms with Gasteiger partial charge in [-0.1, -0.05) is 11.3 Å². The normalized spacial score (nSPS) is 10.5. The van der Waals surface area contributed by atoms with Gasteiger partial charge in [-0.25, -0.2) is 18.9 Å². The highest BCUT2D eigenvalue weighted by Crippen LogP contribution is 2.13. The Morgan fingerprint density at radius 3 is 2.74 bits per heavy atom. The van der Waals surface area contributed by atoms with Crippen LogP contribution in [0, 0.1) is 11.6 Å². The molecule has 0 saturated heterocycles. The molecule has 2 aromatic rings. The smallest absolute Gasteiger partial charge is 0.277 e. The van der Waals surface area contributed by atoms with Gasteiger partial charge < -0.3 is 0 Å². The van der Waals surface area contributed by atoms with Crippen molar-refractivity contribution in [2.45, 2.75) is 6.54 Å². The number of carbonyl (C=O) groups is 1. The molecule has 1 heterocycles. The first-order chi connectivity index (χ1) is 9.11. The summed E-state index contributed by atoms with van der Waals surface area (Å²) >= 11 is 0. The lowest BCUT2D eigenvalue weighted by molar-refractivity contribution is 0.0532. The molecule has 0 aliphatic rings. The lowest BCUT2D eigenvalue weighted by atomic mass is 10.2. The van der Waals surface area contributed by atoms with E-state index < -0.39 is 17.5 Å². The van der Waals surface area contributed by atoms with E-state index in [2.05, 4.69) is 20.6 Å². The van der Waals surface area contributed by atoms with Crippen LogP contribution in [0.1, 0.15) is 16.1 Å². The quantitative estimate of drug-likeness (QED) is 0.836. The second-order valence-electron chi connectivity index (χ2n) is 3.64. The summed E-state index contributed by atoms with van der Waals surface area (Å²) in [6.07, 6.45) is 1.26. The molecule has 1 N–H and O–H groups in total. The van der Waals surface area contributed by atoms with Crippen molar-refractivity contribution >= 4 is 5.91 Å². The van der Waals surface area contributed by atoms with Crippen LogP contribution in [0.2, 0.25) is 0 Å². The molecule has 100 valence electrons. The standard InChI is InChI=1S/C11H10F2N4O2/c1-19-15-11(18)10-6-17(16-14-10)5-7-8(12)3-2-4-9(7)13/h2-4,6H,5H2,1H3,(H,15,18). The van der Waals surface area contributed by atoms with Crippen molar-refractivity contribution in [3.63, 3.8) is 0 Å². The van der Waals surface area contributed by atoms with Crippen LogP contribution in [0.3, 0.4) is 0 Å². The molecule has 0 unspecified atom stereocenters. The Hall–Kier alpha value is -2.35. The number of nitrogens with one attached hydrogen (secondary N) is 1. The third-order valence-electron chi connectivity index (χ3n) is 2.35. The minimum atomic E-state index is -0.682. The molecule has 0 aliphatic heterocycles. The van der Waals surface area contributed by atoms with Gasteiger partial charge in [-0.15, -0.1) is 5.10 Å². The number of hydrogen-bond donors (Lipinski definition) is 1. The van der Waals surface area contributed by atoms with Crippen molar-refractivity contribution in [3.8, 4) is 0 Å². The number of benzene rings is 1. The summed E-state index contributed by atoms with van der Waals surface area (Å²) in [5, 5.41) is 7.18. The molecule has 8 heteroatoms. The largest absolute Gasteiger partial charge is 0.296 e. The molecular weight excluding hydrogens is 258 g/mol. The van der Waals surface area contributed by atoms with Crippen molar-refractivity contribution in [1.82, 2.24) is 20.5 Å². The highest BCUT2D eigenvalue weighted by molar-refractivity contribution is 5.90. The van der Waals surface area contributed by atoms with Crippen LogP contribution in [0.15, 0.2) is 24.4 Å². The van der Waals surface area contributed by atoms with Crippen LogP contribution < -0.4 is 5.48 Å². The van der Waals surface area contributed by atoms with Gasteiger partial charge in [-0.2, -0.15) is 0 Å². The van der Waals surface area contributed by atoms with E-state index >= 15 is 0 Å². The van der Waals surface area contributed by atoms with Crippen LogP contribution in [0.25, 0.3) is 0 Å². The second-order valence-corrected chi connectivity index (χ2v) is 3.64. The maximum atomic E-state index is 13.4. The van der Waals surface area contributed by atoms with Crippen LogP contribution >= 0.6 is 0 Å². The summed E-state index contributed by atoms with van der Waals surface area (Å²) < 4.78 is 28.0. The summed E-state index contributed by atoms with van der Waals surface area (Å²) in [7, 11) is 1.27. The van der Waals surface area contributed by atoms with Gasteiger partial charge in [-0.3, -0.25) is 9.63 Å². The molecule has 6 nitrogen and oxygen atoms in total. The Balaban J connectivity index is 2.18. The molecule has 0 fully saturated rings. The van der Waals surface area contributed by atoms with E-state index in [1.165, 1.54) is 19.4 Å². The average Bonchev–Trinajstić information content (AvgIpc) is 2.83. The first-order valence-corrected chi connectivity index (χ1v) is 5.28. The molecule has 1 aromatic heterocycles. The molecule has 0 bridgehead atoms. The number of amides is 1. The number of halogens is 2. The predicted octanol–water partition coefficient (Wildman–Crippen LogP) is 0.896. The third-order valence-corrected chi connectivity index (χ3v) is 2.35. The fourth-order valence-corrected chi connectivity index (χ4v) is 1.47. The van der Waals surface area contributed by atoms with Crippen molar-refractivity contribution < 1.29 is 18.4 Å². The first kappa shape index (κ1) is 13.1. The summed E-state index contributed by atoms with van der Waals surface area (Å²) in [5.74, 6) is -1.96. The van der Waals surface area contributed by atoms with E-state index in [0.717, 1.165) is 16.8 Å². The Morgan fingerprint density at radius 1 is 1.42 bits per heavy atom. The highest BCUT2D eigenvalue weighted by atomic mass is 19.1. The molecule has 19 heavy (non-hydrogen) atoms. The number of hydrogen-bond acceptors (Lipinski definition) is 4. The number of aromatic nitrogens is 3. The van der Waals surface area contributed by atoms with Gasteiger partial charge in [0.1, 0.15) is 11.6 Å². The second kappa shape index (κ2) is 5.53. The fraction of sp³-hybridized carbons (Fsp3) is 0.182. The number of hydroxylamine groups is 1. The minimum Gasteiger partial charge on any atom is -0.277 e.